The lowest BCUT2D eigenvalue weighted by atomic mass is 9.62. The molecule has 1 atom stereocenters. The van der Waals surface area contributed by atoms with E-state index in [4.69, 9.17) is 5.73 Å². The van der Waals surface area contributed by atoms with Crippen molar-refractivity contribution in [3.05, 3.63) is 0 Å². The third-order valence-electron chi connectivity index (χ3n) is 4.01. The molecule has 5 nitrogen and oxygen atoms in total. The van der Waals surface area contributed by atoms with Gasteiger partial charge in [0.15, 0.2) is 0 Å². The third-order valence-corrected chi connectivity index (χ3v) is 4.01. The van der Waals surface area contributed by atoms with Crippen molar-refractivity contribution in [1.29, 1.82) is 0 Å². The molecule has 0 aromatic rings. The van der Waals surface area contributed by atoms with Crippen molar-refractivity contribution in [2.75, 3.05) is 13.1 Å². The van der Waals surface area contributed by atoms with E-state index in [1.165, 1.54) is 0 Å². The van der Waals surface area contributed by atoms with Gasteiger partial charge in [-0.1, -0.05) is 13.8 Å². The standard InChI is InChI=1S/C14H27N3O2/c1-4-11(3)17-12(18)5-6-16-13(19)14(9-15)7-10(2)8-14/h10-11H,4-9,15H2,1-3H3,(H,16,19)(H,17,18). The summed E-state index contributed by atoms with van der Waals surface area (Å²) in [4.78, 5) is 23.6. The Kier molecular flexibility index (Phi) is 5.79. The molecule has 0 aromatic carbocycles. The lowest BCUT2D eigenvalue weighted by molar-refractivity contribution is -0.138. The average Bonchev–Trinajstić information content (AvgIpc) is 2.34. The Morgan fingerprint density at radius 2 is 2.05 bits per heavy atom. The van der Waals surface area contributed by atoms with Crippen LogP contribution in [0.1, 0.15) is 46.5 Å². The van der Waals surface area contributed by atoms with Crippen LogP contribution in [-0.2, 0) is 9.59 Å². The van der Waals surface area contributed by atoms with Crippen LogP contribution < -0.4 is 16.4 Å². The molecule has 0 aromatic heterocycles. The molecule has 110 valence electrons. The molecule has 0 saturated heterocycles. The number of carbonyl (C=O) groups excluding carboxylic acids is 2. The Labute approximate surface area is 115 Å². The van der Waals surface area contributed by atoms with E-state index in [-0.39, 0.29) is 23.3 Å². The van der Waals surface area contributed by atoms with E-state index >= 15 is 0 Å². The lowest BCUT2D eigenvalue weighted by Crippen LogP contribution is -2.53. The first-order chi connectivity index (χ1) is 8.93. The van der Waals surface area contributed by atoms with Gasteiger partial charge in [-0.05, 0) is 32.1 Å². The molecule has 1 saturated carbocycles. The van der Waals surface area contributed by atoms with Crippen molar-refractivity contribution in [3.63, 3.8) is 0 Å². The lowest BCUT2D eigenvalue weighted by Gasteiger charge is -2.44. The summed E-state index contributed by atoms with van der Waals surface area (Å²) in [5.74, 6) is 0.561. The number of hydrogen-bond acceptors (Lipinski definition) is 3. The molecule has 0 spiro atoms. The number of carbonyl (C=O) groups is 2. The van der Waals surface area contributed by atoms with Crippen molar-refractivity contribution in [2.24, 2.45) is 17.1 Å². The van der Waals surface area contributed by atoms with Crippen LogP contribution in [0.2, 0.25) is 0 Å². The molecule has 0 heterocycles. The second kappa shape index (κ2) is 6.89. The summed E-state index contributed by atoms with van der Waals surface area (Å²) in [5.41, 5.74) is 5.32. The fourth-order valence-electron chi connectivity index (χ4n) is 2.65. The molecule has 1 fully saturated rings. The predicted octanol–water partition coefficient (Wildman–Crippen LogP) is 0.782. The highest BCUT2D eigenvalue weighted by Gasteiger charge is 2.46. The largest absolute Gasteiger partial charge is 0.355 e. The van der Waals surface area contributed by atoms with Gasteiger partial charge in [-0.2, -0.15) is 0 Å². The van der Waals surface area contributed by atoms with Crippen molar-refractivity contribution in [2.45, 2.75) is 52.5 Å². The van der Waals surface area contributed by atoms with Gasteiger partial charge in [0.05, 0.1) is 5.41 Å². The third kappa shape index (κ3) is 4.20. The molecule has 1 aliphatic carbocycles. The van der Waals surface area contributed by atoms with Gasteiger partial charge < -0.3 is 16.4 Å². The van der Waals surface area contributed by atoms with Crippen LogP contribution in [-0.4, -0.2) is 30.9 Å². The van der Waals surface area contributed by atoms with Crippen LogP contribution in [0.3, 0.4) is 0 Å². The van der Waals surface area contributed by atoms with Gasteiger partial charge >= 0.3 is 0 Å². The van der Waals surface area contributed by atoms with Crippen LogP contribution >= 0.6 is 0 Å². The summed E-state index contributed by atoms with van der Waals surface area (Å²) in [7, 11) is 0. The molecule has 1 rings (SSSR count). The fourth-order valence-corrected chi connectivity index (χ4v) is 2.65. The monoisotopic (exact) mass is 269 g/mol. The molecule has 1 aliphatic rings. The molecule has 0 bridgehead atoms. The molecule has 5 heteroatoms. The quantitative estimate of drug-likeness (QED) is 0.638. The maximum atomic E-state index is 12.1. The molecular weight excluding hydrogens is 242 g/mol. The molecule has 0 radical (unpaired) electrons. The highest BCUT2D eigenvalue weighted by atomic mass is 16.2. The summed E-state index contributed by atoms with van der Waals surface area (Å²) in [6, 6.07) is 0.186. The van der Waals surface area contributed by atoms with Crippen LogP contribution in [0, 0.1) is 11.3 Å². The van der Waals surface area contributed by atoms with E-state index in [1.54, 1.807) is 0 Å². The van der Waals surface area contributed by atoms with E-state index in [1.807, 2.05) is 13.8 Å². The maximum Gasteiger partial charge on any atom is 0.227 e. The van der Waals surface area contributed by atoms with Crippen molar-refractivity contribution < 1.29 is 9.59 Å². The predicted molar refractivity (Wildman–Crippen MR) is 75.4 cm³/mol. The van der Waals surface area contributed by atoms with Gasteiger partial charge in [0.25, 0.3) is 0 Å². The zero-order chi connectivity index (χ0) is 14.5. The van der Waals surface area contributed by atoms with E-state index in [0.717, 1.165) is 19.3 Å². The second-order valence-corrected chi connectivity index (χ2v) is 5.88. The summed E-state index contributed by atoms with van der Waals surface area (Å²) >= 11 is 0. The molecular formula is C14H27N3O2. The van der Waals surface area contributed by atoms with Crippen molar-refractivity contribution in [3.8, 4) is 0 Å². The minimum atomic E-state index is -0.382. The molecule has 0 aliphatic heterocycles. The Morgan fingerprint density at radius 3 is 2.53 bits per heavy atom. The summed E-state index contributed by atoms with van der Waals surface area (Å²) < 4.78 is 0. The van der Waals surface area contributed by atoms with Crippen LogP contribution in [0.25, 0.3) is 0 Å². The SMILES string of the molecule is CCC(C)NC(=O)CCNC(=O)C1(CN)CC(C)C1. The number of hydrogen-bond donors (Lipinski definition) is 3. The van der Waals surface area contributed by atoms with Crippen LogP contribution in [0.5, 0.6) is 0 Å². The molecule has 1 unspecified atom stereocenters. The zero-order valence-corrected chi connectivity index (χ0v) is 12.3. The zero-order valence-electron chi connectivity index (χ0n) is 12.3. The topological polar surface area (TPSA) is 84.2 Å². The van der Waals surface area contributed by atoms with E-state index < -0.39 is 0 Å². The Morgan fingerprint density at radius 1 is 1.42 bits per heavy atom. The van der Waals surface area contributed by atoms with E-state index in [0.29, 0.717) is 25.4 Å². The van der Waals surface area contributed by atoms with Crippen molar-refractivity contribution in [1.82, 2.24) is 10.6 Å². The first-order valence-corrected chi connectivity index (χ1v) is 7.21. The second-order valence-electron chi connectivity index (χ2n) is 5.88. The van der Waals surface area contributed by atoms with E-state index in [9.17, 15) is 9.59 Å². The summed E-state index contributed by atoms with van der Waals surface area (Å²) in [6.07, 6.45) is 2.95. The Hall–Kier alpha value is -1.10. The number of rotatable bonds is 7. The van der Waals surface area contributed by atoms with Crippen LogP contribution in [0.15, 0.2) is 0 Å². The minimum absolute atomic E-state index is 0.00411. The van der Waals surface area contributed by atoms with Crippen molar-refractivity contribution >= 4 is 11.8 Å². The molecule has 4 N–H and O–H groups in total. The maximum absolute atomic E-state index is 12.1. The Balaban J connectivity index is 2.25. The van der Waals surface area contributed by atoms with Gasteiger partial charge in [0.1, 0.15) is 0 Å². The van der Waals surface area contributed by atoms with E-state index in [2.05, 4.69) is 17.6 Å². The fraction of sp³-hybridized carbons (Fsp3) is 0.857. The first kappa shape index (κ1) is 16.0. The van der Waals surface area contributed by atoms with Gasteiger partial charge in [0, 0.05) is 25.6 Å². The number of nitrogens with one attached hydrogen (secondary N) is 2. The number of nitrogens with two attached hydrogens (primary N) is 1. The van der Waals surface area contributed by atoms with Gasteiger partial charge in [-0.25, -0.2) is 0 Å². The summed E-state index contributed by atoms with van der Waals surface area (Å²) in [5, 5.41) is 5.72. The Bertz CT molecular complexity index is 325. The number of amides is 2. The van der Waals surface area contributed by atoms with Gasteiger partial charge in [-0.3, -0.25) is 9.59 Å². The highest BCUT2D eigenvalue weighted by molar-refractivity contribution is 5.84. The summed E-state index contributed by atoms with van der Waals surface area (Å²) in [6.45, 7) is 6.89. The van der Waals surface area contributed by atoms with Gasteiger partial charge in [-0.15, -0.1) is 0 Å². The van der Waals surface area contributed by atoms with Crippen LogP contribution in [0.4, 0.5) is 0 Å². The average molecular weight is 269 g/mol. The highest BCUT2D eigenvalue weighted by Crippen LogP contribution is 2.44. The minimum Gasteiger partial charge on any atom is -0.355 e. The first-order valence-electron chi connectivity index (χ1n) is 7.21. The molecule has 19 heavy (non-hydrogen) atoms. The van der Waals surface area contributed by atoms with Gasteiger partial charge in [0.2, 0.25) is 11.8 Å². The smallest absolute Gasteiger partial charge is 0.227 e. The normalized spacial score (nSPS) is 27.3. The molecule has 2 amide bonds.